The zero-order valence-electron chi connectivity index (χ0n) is 10.8. The van der Waals surface area contributed by atoms with Crippen molar-refractivity contribution in [2.24, 2.45) is 5.92 Å². The van der Waals surface area contributed by atoms with Gasteiger partial charge in [-0.15, -0.1) is 0 Å². The van der Waals surface area contributed by atoms with Gasteiger partial charge in [-0.25, -0.2) is 17.5 Å². The molecule has 6 heteroatoms. The number of rotatable bonds is 6. The summed E-state index contributed by atoms with van der Waals surface area (Å²) in [7, 11) is -3.63. The Morgan fingerprint density at radius 2 is 2.16 bits per heavy atom. The molecule has 1 saturated carbocycles. The quantitative estimate of drug-likeness (QED) is 0.834. The first kappa shape index (κ1) is 14.4. The van der Waals surface area contributed by atoms with Crippen LogP contribution in [0.15, 0.2) is 23.1 Å². The Morgan fingerprint density at radius 3 is 2.74 bits per heavy atom. The summed E-state index contributed by atoms with van der Waals surface area (Å²) in [5.74, 6) is -0.0966. The number of hydrogen-bond acceptors (Lipinski definition) is 3. The first-order valence-electron chi connectivity index (χ1n) is 6.34. The lowest BCUT2D eigenvalue weighted by atomic mass is 10.2. The molecular formula is C13H18FNO3S. The van der Waals surface area contributed by atoms with Crippen LogP contribution in [0.4, 0.5) is 4.39 Å². The van der Waals surface area contributed by atoms with Gasteiger partial charge < -0.3 is 5.11 Å². The van der Waals surface area contributed by atoms with Crippen molar-refractivity contribution in [1.82, 2.24) is 4.72 Å². The Balaban J connectivity index is 1.95. The summed E-state index contributed by atoms with van der Waals surface area (Å²) >= 11 is 0. The second-order valence-electron chi connectivity index (χ2n) is 5.00. The summed E-state index contributed by atoms with van der Waals surface area (Å²) in [6.45, 7) is 1.71. The number of aliphatic hydroxyl groups is 1. The third-order valence-corrected chi connectivity index (χ3v) is 4.80. The molecule has 1 aliphatic rings. The Labute approximate surface area is 112 Å². The molecule has 19 heavy (non-hydrogen) atoms. The van der Waals surface area contributed by atoms with Crippen molar-refractivity contribution in [2.75, 3.05) is 6.54 Å². The SMILES string of the molecule is Cc1cc(S(=O)(=O)NCCC(O)C2CC2)ccc1F. The standard InChI is InChI=1S/C13H18FNO3S/c1-9-8-11(4-5-12(9)14)19(17,18)15-7-6-13(16)10-2-3-10/h4-5,8,10,13,15-16H,2-3,6-7H2,1H3. The average molecular weight is 287 g/mol. The van der Waals surface area contributed by atoms with E-state index in [0.717, 1.165) is 18.9 Å². The Hall–Kier alpha value is -0.980. The summed E-state index contributed by atoms with van der Waals surface area (Å²) in [5.41, 5.74) is 0.292. The normalized spacial score (nSPS) is 17.4. The van der Waals surface area contributed by atoms with Crippen molar-refractivity contribution < 1.29 is 17.9 Å². The molecule has 1 aromatic rings. The minimum atomic E-state index is -3.63. The van der Waals surface area contributed by atoms with Gasteiger partial charge in [-0.1, -0.05) is 0 Å². The van der Waals surface area contributed by atoms with E-state index in [1.54, 1.807) is 0 Å². The molecule has 1 fully saturated rings. The smallest absolute Gasteiger partial charge is 0.240 e. The second-order valence-corrected chi connectivity index (χ2v) is 6.77. The molecule has 1 unspecified atom stereocenters. The summed E-state index contributed by atoms with van der Waals surface area (Å²) in [5, 5.41) is 9.65. The highest BCUT2D eigenvalue weighted by atomic mass is 32.2. The van der Waals surface area contributed by atoms with E-state index in [4.69, 9.17) is 0 Å². The van der Waals surface area contributed by atoms with Gasteiger partial charge in [-0.2, -0.15) is 0 Å². The number of sulfonamides is 1. The fourth-order valence-corrected chi connectivity index (χ4v) is 3.06. The van der Waals surface area contributed by atoms with E-state index in [1.807, 2.05) is 0 Å². The number of nitrogens with one attached hydrogen (secondary N) is 1. The highest BCUT2D eigenvalue weighted by molar-refractivity contribution is 7.89. The van der Waals surface area contributed by atoms with Crippen LogP contribution in [0.3, 0.4) is 0 Å². The van der Waals surface area contributed by atoms with E-state index < -0.39 is 21.9 Å². The van der Waals surface area contributed by atoms with E-state index in [2.05, 4.69) is 4.72 Å². The lowest BCUT2D eigenvalue weighted by Gasteiger charge is -2.11. The second kappa shape index (κ2) is 5.56. The molecule has 0 radical (unpaired) electrons. The van der Waals surface area contributed by atoms with Gasteiger partial charge in [-0.05, 0) is 55.9 Å². The van der Waals surface area contributed by atoms with Crippen LogP contribution >= 0.6 is 0 Å². The lowest BCUT2D eigenvalue weighted by molar-refractivity contribution is 0.143. The molecular weight excluding hydrogens is 269 g/mol. The number of hydrogen-bond donors (Lipinski definition) is 2. The Morgan fingerprint density at radius 1 is 1.47 bits per heavy atom. The first-order chi connectivity index (χ1) is 8.90. The predicted molar refractivity (Wildman–Crippen MR) is 69.7 cm³/mol. The molecule has 0 amide bonds. The van der Waals surface area contributed by atoms with Crippen molar-refractivity contribution in [3.8, 4) is 0 Å². The highest BCUT2D eigenvalue weighted by Crippen LogP contribution is 2.33. The van der Waals surface area contributed by atoms with Gasteiger partial charge in [0.15, 0.2) is 0 Å². The Kier molecular flexibility index (Phi) is 4.23. The van der Waals surface area contributed by atoms with Gasteiger partial charge in [-0.3, -0.25) is 0 Å². The monoisotopic (exact) mass is 287 g/mol. The average Bonchev–Trinajstić information content (AvgIpc) is 3.16. The van der Waals surface area contributed by atoms with Crippen LogP contribution in [0, 0.1) is 18.7 Å². The fourth-order valence-electron chi connectivity index (χ4n) is 1.93. The molecule has 0 heterocycles. The third-order valence-electron chi connectivity index (χ3n) is 3.34. The van der Waals surface area contributed by atoms with Gasteiger partial charge in [0.2, 0.25) is 10.0 Å². The molecule has 1 atom stereocenters. The van der Waals surface area contributed by atoms with Gasteiger partial charge in [0.05, 0.1) is 11.0 Å². The summed E-state index contributed by atoms with van der Waals surface area (Å²) in [4.78, 5) is 0.0484. The molecule has 4 nitrogen and oxygen atoms in total. The van der Waals surface area contributed by atoms with Crippen molar-refractivity contribution in [1.29, 1.82) is 0 Å². The van der Waals surface area contributed by atoms with Crippen LogP contribution in [0.2, 0.25) is 0 Å². The van der Waals surface area contributed by atoms with E-state index in [1.165, 1.54) is 19.1 Å². The first-order valence-corrected chi connectivity index (χ1v) is 7.82. The highest BCUT2D eigenvalue weighted by Gasteiger charge is 2.29. The summed E-state index contributed by atoms with van der Waals surface area (Å²) < 4.78 is 39.4. The van der Waals surface area contributed by atoms with E-state index in [0.29, 0.717) is 17.9 Å². The van der Waals surface area contributed by atoms with Crippen LogP contribution in [-0.4, -0.2) is 26.2 Å². The zero-order valence-corrected chi connectivity index (χ0v) is 11.6. The third kappa shape index (κ3) is 3.75. The number of aryl methyl sites for hydroxylation is 1. The molecule has 106 valence electrons. The van der Waals surface area contributed by atoms with Crippen molar-refractivity contribution in [3.63, 3.8) is 0 Å². The largest absolute Gasteiger partial charge is 0.393 e. The van der Waals surface area contributed by atoms with Gasteiger partial charge in [0.1, 0.15) is 5.82 Å². The van der Waals surface area contributed by atoms with Gasteiger partial charge in [0, 0.05) is 6.54 Å². The van der Waals surface area contributed by atoms with Crippen LogP contribution in [-0.2, 0) is 10.0 Å². The van der Waals surface area contributed by atoms with Crippen molar-refractivity contribution >= 4 is 10.0 Å². The molecule has 2 rings (SSSR count). The maximum Gasteiger partial charge on any atom is 0.240 e. The minimum absolute atomic E-state index is 0.0484. The van der Waals surface area contributed by atoms with Crippen LogP contribution in [0.1, 0.15) is 24.8 Å². The maximum absolute atomic E-state index is 13.1. The maximum atomic E-state index is 13.1. The molecule has 0 aromatic heterocycles. The van der Waals surface area contributed by atoms with Crippen molar-refractivity contribution in [2.45, 2.75) is 37.2 Å². The lowest BCUT2D eigenvalue weighted by Crippen LogP contribution is -2.28. The molecule has 0 bridgehead atoms. The number of aliphatic hydroxyl groups excluding tert-OH is 1. The molecule has 1 aliphatic carbocycles. The topological polar surface area (TPSA) is 66.4 Å². The number of halogens is 1. The van der Waals surface area contributed by atoms with Gasteiger partial charge >= 0.3 is 0 Å². The molecule has 0 aliphatic heterocycles. The van der Waals surface area contributed by atoms with E-state index >= 15 is 0 Å². The van der Waals surface area contributed by atoms with Crippen LogP contribution < -0.4 is 4.72 Å². The molecule has 1 aromatic carbocycles. The van der Waals surface area contributed by atoms with Crippen molar-refractivity contribution in [3.05, 3.63) is 29.6 Å². The van der Waals surface area contributed by atoms with Gasteiger partial charge in [0.25, 0.3) is 0 Å². The van der Waals surface area contributed by atoms with E-state index in [-0.39, 0.29) is 11.4 Å². The van der Waals surface area contributed by atoms with Crippen LogP contribution in [0.25, 0.3) is 0 Å². The molecule has 0 saturated heterocycles. The zero-order chi connectivity index (χ0) is 14.0. The number of benzene rings is 1. The fraction of sp³-hybridized carbons (Fsp3) is 0.538. The molecule has 2 N–H and O–H groups in total. The summed E-state index contributed by atoms with van der Waals surface area (Å²) in [6.07, 6.45) is 2.01. The van der Waals surface area contributed by atoms with E-state index in [9.17, 15) is 17.9 Å². The minimum Gasteiger partial charge on any atom is -0.393 e. The Bertz CT molecular complexity index is 555. The summed E-state index contributed by atoms with van der Waals surface area (Å²) in [6, 6.07) is 3.68. The van der Waals surface area contributed by atoms with Crippen LogP contribution in [0.5, 0.6) is 0 Å². The predicted octanol–water partition coefficient (Wildman–Crippen LogP) is 1.57. The molecule has 0 spiro atoms.